The van der Waals surface area contributed by atoms with Crippen molar-refractivity contribution in [3.8, 4) is 5.75 Å². The van der Waals surface area contributed by atoms with Crippen molar-refractivity contribution in [3.05, 3.63) is 29.8 Å². The van der Waals surface area contributed by atoms with Crippen LogP contribution in [-0.4, -0.2) is 19.2 Å². The number of rotatable bonds is 3. The Balaban J connectivity index is 1.98. The molecule has 1 atom stereocenters. The Morgan fingerprint density at radius 2 is 2.17 bits per heavy atom. The summed E-state index contributed by atoms with van der Waals surface area (Å²) in [6.45, 7) is 8.91. The van der Waals surface area contributed by atoms with Gasteiger partial charge < -0.3 is 10.1 Å². The predicted molar refractivity (Wildman–Crippen MR) is 76.1 cm³/mol. The first kappa shape index (κ1) is 13.4. The zero-order chi connectivity index (χ0) is 13.0. The van der Waals surface area contributed by atoms with Crippen LogP contribution in [0.25, 0.3) is 0 Å². The highest BCUT2D eigenvalue weighted by molar-refractivity contribution is 5.29. The second-order valence-electron chi connectivity index (χ2n) is 6.47. The third kappa shape index (κ3) is 4.34. The molecule has 1 aliphatic rings. The fourth-order valence-electron chi connectivity index (χ4n) is 2.45. The molecule has 0 radical (unpaired) electrons. The number of hydrogen-bond donors (Lipinski definition) is 1. The van der Waals surface area contributed by atoms with Gasteiger partial charge in [0, 0.05) is 6.54 Å². The van der Waals surface area contributed by atoms with Gasteiger partial charge in [0.15, 0.2) is 0 Å². The van der Waals surface area contributed by atoms with E-state index in [1.54, 1.807) is 0 Å². The van der Waals surface area contributed by atoms with E-state index in [2.05, 4.69) is 50.4 Å². The number of hydrogen-bond acceptors (Lipinski definition) is 2. The van der Waals surface area contributed by atoms with E-state index in [1.165, 1.54) is 12.0 Å². The minimum absolute atomic E-state index is 0.324. The average molecular weight is 247 g/mol. The quantitative estimate of drug-likeness (QED) is 0.884. The van der Waals surface area contributed by atoms with Gasteiger partial charge in [-0.25, -0.2) is 0 Å². The molecule has 100 valence electrons. The van der Waals surface area contributed by atoms with E-state index >= 15 is 0 Å². The van der Waals surface area contributed by atoms with Gasteiger partial charge in [-0.15, -0.1) is 0 Å². The molecule has 2 nitrogen and oxygen atoms in total. The maximum absolute atomic E-state index is 6.05. The summed E-state index contributed by atoms with van der Waals surface area (Å²) in [5.41, 5.74) is 1.69. The van der Waals surface area contributed by atoms with Crippen LogP contribution < -0.4 is 10.1 Å². The topological polar surface area (TPSA) is 21.3 Å². The number of ether oxygens (including phenoxy) is 1. The Bertz CT molecular complexity index is 375. The molecular weight excluding hydrogens is 222 g/mol. The summed E-state index contributed by atoms with van der Waals surface area (Å²) in [4.78, 5) is 0. The molecule has 0 spiro atoms. The van der Waals surface area contributed by atoms with E-state index in [-0.39, 0.29) is 0 Å². The largest absolute Gasteiger partial charge is 0.489 e. The maximum atomic E-state index is 6.05. The fraction of sp³-hybridized carbons (Fsp3) is 0.625. The highest BCUT2D eigenvalue weighted by Crippen LogP contribution is 2.24. The Morgan fingerprint density at radius 1 is 1.33 bits per heavy atom. The van der Waals surface area contributed by atoms with Crippen LogP contribution in [0.3, 0.4) is 0 Å². The molecule has 0 aliphatic carbocycles. The van der Waals surface area contributed by atoms with Crippen molar-refractivity contribution in [1.29, 1.82) is 0 Å². The molecule has 2 rings (SSSR count). The monoisotopic (exact) mass is 247 g/mol. The molecule has 1 aromatic carbocycles. The van der Waals surface area contributed by atoms with Crippen molar-refractivity contribution in [1.82, 2.24) is 5.32 Å². The summed E-state index contributed by atoms with van der Waals surface area (Å²) in [5, 5.41) is 3.38. The van der Waals surface area contributed by atoms with Crippen LogP contribution in [0.4, 0.5) is 0 Å². The molecule has 1 heterocycles. The molecular formula is C16H25NO. The van der Waals surface area contributed by atoms with Crippen LogP contribution in [0, 0.1) is 5.41 Å². The first-order valence-corrected chi connectivity index (χ1v) is 6.99. The summed E-state index contributed by atoms with van der Waals surface area (Å²) in [5.74, 6) is 1.02. The van der Waals surface area contributed by atoms with Crippen molar-refractivity contribution in [2.24, 2.45) is 5.41 Å². The van der Waals surface area contributed by atoms with Crippen LogP contribution >= 0.6 is 0 Å². The lowest BCUT2D eigenvalue weighted by molar-refractivity contribution is 0.167. The number of benzene rings is 1. The molecule has 0 aromatic heterocycles. The van der Waals surface area contributed by atoms with Gasteiger partial charge in [0.1, 0.15) is 11.9 Å². The van der Waals surface area contributed by atoms with E-state index in [1.807, 2.05) is 0 Å². The van der Waals surface area contributed by atoms with Gasteiger partial charge in [0.05, 0.1) is 0 Å². The van der Waals surface area contributed by atoms with Gasteiger partial charge in [0.2, 0.25) is 0 Å². The third-order valence-corrected chi connectivity index (χ3v) is 3.19. The molecule has 1 aromatic rings. The highest BCUT2D eigenvalue weighted by atomic mass is 16.5. The zero-order valence-corrected chi connectivity index (χ0v) is 11.8. The smallest absolute Gasteiger partial charge is 0.120 e. The maximum Gasteiger partial charge on any atom is 0.120 e. The molecule has 1 unspecified atom stereocenters. The molecule has 1 aliphatic heterocycles. The summed E-state index contributed by atoms with van der Waals surface area (Å²) >= 11 is 0. The Labute approximate surface area is 111 Å². The highest BCUT2D eigenvalue weighted by Gasteiger charge is 2.15. The summed E-state index contributed by atoms with van der Waals surface area (Å²) < 4.78 is 6.05. The lowest BCUT2D eigenvalue weighted by Crippen LogP contribution is -2.37. The molecule has 0 amide bonds. The minimum Gasteiger partial charge on any atom is -0.489 e. The van der Waals surface area contributed by atoms with Gasteiger partial charge in [-0.05, 0) is 48.9 Å². The van der Waals surface area contributed by atoms with Crippen molar-refractivity contribution in [3.63, 3.8) is 0 Å². The van der Waals surface area contributed by atoms with Crippen LogP contribution in [0.2, 0.25) is 0 Å². The Morgan fingerprint density at radius 3 is 2.83 bits per heavy atom. The van der Waals surface area contributed by atoms with E-state index in [0.717, 1.165) is 31.7 Å². The van der Waals surface area contributed by atoms with Crippen LogP contribution in [0.1, 0.15) is 39.2 Å². The van der Waals surface area contributed by atoms with Crippen molar-refractivity contribution in [2.45, 2.75) is 46.1 Å². The SMILES string of the molecule is CC(C)(C)Cc1cccc(OC2CCCNC2)c1. The molecule has 1 fully saturated rings. The molecule has 0 bridgehead atoms. The molecule has 1 saturated heterocycles. The van der Waals surface area contributed by atoms with Crippen molar-refractivity contribution < 1.29 is 4.74 Å². The summed E-state index contributed by atoms with van der Waals surface area (Å²) in [7, 11) is 0. The van der Waals surface area contributed by atoms with Crippen molar-refractivity contribution >= 4 is 0 Å². The van der Waals surface area contributed by atoms with Gasteiger partial charge in [0.25, 0.3) is 0 Å². The third-order valence-electron chi connectivity index (χ3n) is 3.19. The minimum atomic E-state index is 0.324. The van der Waals surface area contributed by atoms with Gasteiger partial charge in [-0.2, -0.15) is 0 Å². The first-order valence-electron chi connectivity index (χ1n) is 6.99. The average Bonchev–Trinajstić information content (AvgIpc) is 2.28. The van der Waals surface area contributed by atoms with Crippen LogP contribution in [0.5, 0.6) is 5.75 Å². The van der Waals surface area contributed by atoms with E-state index in [0.29, 0.717) is 11.5 Å². The van der Waals surface area contributed by atoms with Crippen LogP contribution in [0.15, 0.2) is 24.3 Å². The Hall–Kier alpha value is -1.02. The molecule has 2 heteroatoms. The van der Waals surface area contributed by atoms with Crippen molar-refractivity contribution in [2.75, 3.05) is 13.1 Å². The second kappa shape index (κ2) is 5.75. The first-order chi connectivity index (χ1) is 8.53. The summed E-state index contributed by atoms with van der Waals surface area (Å²) in [6, 6.07) is 8.56. The van der Waals surface area contributed by atoms with Gasteiger partial charge in [-0.1, -0.05) is 32.9 Å². The Kier molecular flexibility index (Phi) is 4.28. The zero-order valence-electron chi connectivity index (χ0n) is 11.8. The standard InChI is InChI=1S/C16H25NO/c1-16(2,3)11-13-6-4-7-14(10-13)18-15-8-5-9-17-12-15/h4,6-7,10,15,17H,5,8-9,11-12H2,1-3H3. The molecule has 1 N–H and O–H groups in total. The lowest BCUT2D eigenvalue weighted by atomic mass is 9.88. The lowest BCUT2D eigenvalue weighted by Gasteiger charge is -2.24. The van der Waals surface area contributed by atoms with E-state index in [4.69, 9.17) is 4.74 Å². The van der Waals surface area contributed by atoms with Crippen LogP contribution in [-0.2, 0) is 6.42 Å². The molecule has 0 saturated carbocycles. The predicted octanol–water partition coefficient (Wildman–Crippen LogP) is 3.41. The normalized spacial score (nSPS) is 20.7. The number of piperidine rings is 1. The van der Waals surface area contributed by atoms with E-state index < -0.39 is 0 Å². The number of nitrogens with one attached hydrogen (secondary N) is 1. The van der Waals surface area contributed by atoms with E-state index in [9.17, 15) is 0 Å². The van der Waals surface area contributed by atoms with Gasteiger partial charge in [-0.3, -0.25) is 0 Å². The second-order valence-corrected chi connectivity index (χ2v) is 6.47. The fourth-order valence-corrected chi connectivity index (χ4v) is 2.45. The summed E-state index contributed by atoms with van der Waals surface area (Å²) in [6.07, 6.45) is 3.80. The van der Waals surface area contributed by atoms with Gasteiger partial charge >= 0.3 is 0 Å². The molecule has 18 heavy (non-hydrogen) atoms.